The van der Waals surface area contributed by atoms with E-state index in [1.54, 1.807) is 4.90 Å². The molecule has 3 heterocycles. The van der Waals surface area contributed by atoms with Crippen molar-refractivity contribution >= 4 is 17.5 Å². The summed E-state index contributed by atoms with van der Waals surface area (Å²) in [6.45, 7) is 5.51. The lowest BCUT2D eigenvalue weighted by atomic mass is 9.83. The molecule has 5 rings (SSSR count). The average molecular weight is 678 g/mol. The number of halogens is 2. The Hall–Kier alpha value is -0.710. The van der Waals surface area contributed by atoms with E-state index in [-0.39, 0.29) is 48.5 Å². The van der Waals surface area contributed by atoms with Gasteiger partial charge < -0.3 is 40.5 Å². The van der Waals surface area contributed by atoms with E-state index in [9.17, 15) is 25.2 Å². The van der Waals surface area contributed by atoms with Crippen LogP contribution in [0.2, 0.25) is 0 Å². The number of hydrogen-bond donors (Lipinski definition) is 8. The SMILES string of the molecule is O=C(CC1CCC(OCC[C@@H]2C[C@@H]2C2CCN(C3NCC(Cl)CN3)CC2)CC1F)N1CC(CNC[C@H](O)[C@@H](O)[C@H](O)[C@H](O)CO)C1. The van der Waals surface area contributed by atoms with Gasteiger partial charge in [-0.05, 0) is 62.2 Å². The molecule has 1 amide bonds. The largest absolute Gasteiger partial charge is 0.394 e. The van der Waals surface area contributed by atoms with Gasteiger partial charge in [0.25, 0.3) is 0 Å². The number of likely N-dealkylation sites (tertiary alicyclic amines) is 2. The molecule has 0 radical (unpaired) electrons. The van der Waals surface area contributed by atoms with Crippen LogP contribution in [0.1, 0.15) is 51.4 Å². The summed E-state index contributed by atoms with van der Waals surface area (Å²) >= 11 is 6.18. The molecule has 266 valence electrons. The first-order chi connectivity index (χ1) is 22.1. The molecule has 5 fully saturated rings. The molecule has 0 spiro atoms. The van der Waals surface area contributed by atoms with Crippen LogP contribution in [0, 0.1) is 29.6 Å². The number of amides is 1. The first-order valence-electron chi connectivity index (χ1n) is 17.5. The molecule has 14 heteroatoms. The number of aliphatic hydroxyl groups is 5. The second kappa shape index (κ2) is 17.3. The van der Waals surface area contributed by atoms with Crippen LogP contribution < -0.4 is 16.0 Å². The monoisotopic (exact) mass is 677 g/mol. The summed E-state index contributed by atoms with van der Waals surface area (Å²) in [6.07, 6.45) is -0.0905. The van der Waals surface area contributed by atoms with Gasteiger partial charge in [-0.2, -0.15) is 0 Å². The summed E-state index contributed by atoms with van der Waals surface area (Å²) in [7, 11) is 0. The number of piperidine rings is 1. The van der Waals surface area contributed by atoms with Gasteiger partial charge in [0.15, 0.2) is 0 Å². The zero-order valence-corrected chi connectivity index (χ0v) is 27.7. The van der Waals surface area contributed by atoms with E-state index < -0.39 is 37.2 Å². The summed E-state index contributed by atoms with van der Waals surface area (Å²) in [4.78, 5) is 17.0. The van der Waals surface area contributed by atoms with E-state index in [1.807, 2.05) is 0 Å². The highest BCUT2D eigenvalue weighted by atomic mass is 35.5. The number of carbonyl (C=O) groups is 1. The summed E-state index contributed by atoms with van der Waals surface area (Å²) < 4.78 is 21.2. The minimum Gasteiger partial charge on any atom is -0.394 e. The van der Waals surface area contributed by atoms with E-state index in [0.29, 0.717) is 39.1 Å². The minimum atomic E-state index is -1.66. The molecule has 0 aromatic heterocycles. The molecule has 12 nitrogen and oxygen atoms in total. The Balaban J connectivity index is 0.884. The molecule has 3 unspecified atom stereocenters. The van der Waals surface area contributed by atoms with E-state index in [2.05, 4.69) is 20.9 Å². The van der Waals surface area contributed by atoms with Crippen LogP contribution in [0.4, 0.5) is 4.39 Å². The Kier molecular flexibility index (Phi) is 13.7. The highest BCUT2D eigenvalue weighted by molar-refractivity contribution is 6.21. The zero-order chi connectivity index (χ0) is 32.8. The Bertz CT molecular complexity index is 941. The summed E-state index contributed by atoms with van der Waals surface area (Å²) in [5.74, 6) is 2.23. The maximum atomic E-state index is 15.1. The fourth-order valence-corrected chi connectivity index (χ4v) is 8.13. The van der Waals surface area contributed by atoms with E-state index in [0.717, 1.165) is 56.8 Å². The molecule has 3 saturated heterocycles. The van der Waals surface area contributed by atoms with Gasteiger partial charge in [-0.25, -0.2) is 4.39 Å². The molecular formula is C32H57ClFN5O7. The fraction of sp³-hybridized carbons (Fsp3) is 0.969. The number of ether oxygens (including phenoxy) is 1. The lowest BCUT2D eigenvalue weighted by molar-refractivity contribution is -0.140. The normalized spacial score (nSPS) is 35.7. The minimum absolute atomic E-state index is 0.0107. The van der Waals surface area contributed by atoms with Crippen LogP contribution in [0.25, 0.3) is 0 Å². The van der Waals surface area contributed by atoms with E-state index >= 15 is 4.39 Å². The van der Waals surface area contributed by atoms with E-state index in [4.69, 9.17) is 21.4 Å². The lowest BCUT2D eigenvalue weighted by Gasteiger charge is -2.41. The molecule has 5 aliphatic rings. The molecular weight excluding hydrogens is 621 g/mol. The van der Waals surface area contributed by atoms with Crippen molar-refractivity contribution in [2.24, 2.45) is 29.6 Å². The zero-order valence-electron chi connectivity index (χ0n) is 26.9. The number of nitrogens with zero attached hydrogens (tertiary/aromatic N) is 2. The maximum Gasteiger partial charge on any atom is 0.222 e. The molecule has 0 aromatic carbocycles. The first-order valence-corrected chi connectivity index (χ1v) is 18.0. The standard InChI is InChI=1S/C32H57ClFN5O7/c33-23-13-36-32(37-14-23)38-6-3-20(4-7-38)25-9-21(25)5-8-46-24-2-1-22(26(34)11-24)10-29(43)39-16-19(17-39)12-35-15-27(41)30(44)31(45)28(42)18-40/h19-28,30-32,35-37,40-42,44-45H,1-18H2/t21-,22?,23?,24?,25-,26?,27+,28-,30-,31-,32?/m1/s1. The van der Waals surface area contributed by atoms with E-state index in [1.165, 1.54) is 19.3 Å². The van der Waals surface area contributed by atoms with Gasteiger partial charge in [0, 0.05) is 77.7 Å². The van der Waals surface area contributed by atoms with Crippen LogP contribution in [0.15, 0.2) is 0 Å². The van der Waals surface area contributed by atoms with Crippen molar-refractivity contribution in [2.75, 3.05) is 65.6 Å². The lowest BCUT2D eigenvalue weighted by Crippen LogP contribution is -2.62. The molecule has 46 heavy (non-hydrogen) atoms. The third-order valence-corrected chi connectivity index (χ3v) is 11.5. The summed E-state index contributed by atoms with van der Waals surface area (Å²) in [5.41, 5.74) is 0. The highest BCUT2D eigenvalue weighted by Gasteiger charge is 2.44. The van der Waals surface area contributed by atoms with Crippen molar-refractivity contribution < 1.29 is 39.5 Å². The molecule has 0 aromatic rings. The van der Waals surface area contributed by atoms with Gasteiger partial charge in [0.05, 0.1) is 24.2 Å². The predicted molar refractivity (Wildman–Crippen MR) is 171 cm³/mol. The van der Waals surface area contributed by atoms with Crippen LogP contribution in [-0.2, 0) is 9.53 Å². The van der Waals surface area contributed by atoms with Gasteiger partial charge in [-0.3, -0.25) is 20.3 Å². The highest BCUT2D eigenvalue weighted by Crippen LogP contribution is 2.50. The van der Waals surface area contributed by atoms with Crippen LogP contribution in [-0.4, -0.2) is 155 Å². The second-order valence-corrected chi connectivity index (χ2v) is 15.2. The van der Waals surface area contributed by atoms with Crippen molar-refractivity contribution in [2.45, 2.75) is 99.7 Å². The number of hydrogen-bond acceptors (Lipinski definition) is 11. The molecule has 9 atom stereocenters. The predicted octanol–water partition coefficient (Wildman–Crippen LogP) is -0.794. The molecule has 2 saturated carbocycles. The molecule has 2 aliphatic carbocycles. The maximum absolute atomic E-state index is 15.1. The van der Waals surface area contributed by atoms with Gasteiger partial charge in [-0.1, -0.05) is 0 Å². The van der Waals surface area contributed by atoms with Crippen molar-refractivity contribution in [3.05, 3.63) is 0 Å². The Morgan fingerprint density at radius 3 is 2.35 bits per heavy atom. The Morgan fingerprint density at radius 1 is 0.978 bits per heavy atom. The van der Waals surface area contributed by atoms with Gasteiger partial charge in [0.1, 0.15) is 30.8 Å². The van der Waals surface area contributed by atoms with Crippen molar-refractivity contribution in [3.8, 4) is 0 Å². The molecule has 0 bridgehead atoms. The number of alkyl halides is 2. The third-order valence-electron chi connectivity index (χ3n) is 11.1. The number of rotatable bonds is 16. The van der Waals surface area contributed by atoms with Crippen molar-refractivity contribution in [1.82, 2.24) is 25.8 Å². The fourth-order valence-electron chi connectivity index (χ4n) is 7.95. The number of nitrogens with one attached hydrogen (secondary N) is 3. The molecule has 3 aliphatic heterocycles. The smallest absolute Gasteiger partial charge is 0.222 e. The van der Waals surface area contributed by atoms with Crippen molar-refractivity contribution in [1.29, 1.82) is 0 Å². The Morgan fingerprint density at radius 2 is 1.67 bits per heavy atom. The molecule has 8 N–H and O–H groups in total. The summed E-state index contributed by atoms with van der Waals surface area (Å²) in [6, 6.07) is 0. The van der Waals surface area contributed by atoms with Crippen molar-refractivity contribution in [3.63, 3.8) is 0 Å². The summed E-state index contributed by atoms with van der Waals surface area (Å²) in [5, 5.41) is 58.0. The van der Waals surface area contributed by atoms with Gasteiger partial charge >= 0.3 is 0 Å². The quantitative estimate of drug-likeness (QED) is 0.0964. The average Bonchev–Trinajstić information content (AvgIpc) is 3.82. The number of carbonyl (C=O) groups excluding carboxylic acids is 1. The third kappa shape index (κ3) is 9.93. The Labute approximate surface area is 277 Å². The van der Waals surface area contributed by atoms with Gasteiger partial charge in [-0.15, -0.1) is 11.6 Å². The van der Waals surface area contributed by atoms with Crippen LogP contribution >= 0.6 is 11.6 Å². The van der Waals surface area contributed by atoms with Crippen LogP contribution in [0.5, 0.6) is 0 Å². The van der Waals surface area contributed by atoms with Crippen LogP contribution in [0.3, 0.4) is 0 Å². The first kappa shape index (κ1) is 36.6. The van der Waals surface area contributed by atoms with Gasteiger partial charge in [0.2, 0.25) is 5.91 Å². The topological polar surface area (TPSA) is 170 Å². The number of aliphatic hydroxyl groups excluding tert-OH is 5. The second-order valence-electron chi connectivity index (χ2n) is 14.5.